The summed E-state index contributed by atoms with van der Waals surface area (Å²) < 4.78 is 15.1. The Morgan fingerprint density at radius 3 is 2.11 bits per heavy atom. The molecule has 200 valence electrons. The summed E-state index contributed by atoms with van der Waals surface area (Å²) in [6, 6.07) is 12.7. The van der Waals surface area contributed by atoms with E-state index in [1.54, 1.807) is 75.4 Å². The molecule has 0 unspecified atom stereocenters. The molecule has 2 aromatic carbocycles. The standard InChI is InChI=1S/C28H31N3O7/c1-4-36-24(32)7-6-16-31(18-25(33)37-5-2)27(34)19(3)17-20-8-10-22(11-9-20)28(35)38-23-14-12-21(13-15-23)26(29)30/h6-15,17H,4-5,16,18H2,1-3H3,(H3,29,30)/b7-6+,19-17+. The van der Waals surface area contributed by atoms with Crippen LogP contribution in [0.15, 0.2) is 66.3 Å². The van der Waals surface area contributed by atoms with E-state index in [-0.39, 0.29) is 32.1 Å². The Kier molecular flexibility index (Phi) is 11.4. The highest BCUT2D eigenvalue weighted by atomic mass is 16.5. The lowest BCUT2D eigenvalue weighted by Gasteiger charge is -2.20. The second-order valence-electron chi connectivity index (χ2n) is 7.92. The van der Waals surface area contributed by atoms with Gasteiger partial charge in [-0.1, -0.05) is 18.2 Å². The van der Waals surface area contributed by atoms with Crippen molar-refractivity contribution < 1.29 is 33.4 Å². The number of esters is 3. The Bertz CT molecular complexity index is 1220. The van der Waals surface area contributed by atoms with Gasteiger partial charge in [-0.2, -0.15) is 0 Å². The number of amidine groups is 1. The number of rotatable bonds is 12. The summed E-state index contributed by atoms with van der Waals surface area (Å²) in [5, 5.41) is 7.41. The fourth-order valence-electron chi connectivity index (χ4n) is 3.19. The number of nitrogen functional groups attached to an aromatic ring is 1. The first kappa shape index (κ1) is 29.5. The summed E-state index contributed by atoms with van der Waals surface area (Å²) in [5.41, 5.74) is 7.22. The molecule has 0 aromatic heterocycles. The first-order valence-electron chi connectivity index (χ1n) is 11.9. The quantitative estimate of drug-likeness (QED) is 0.142. The van der Waals surface area contributed by atoms with E-state index in [0.29, 0.717) is 28.0 Å². The Morgan fingerprint density at radius 1 is 0.921 bits per heavy atom. The zero-order valence-electron chi connectivity index (χ0n) is 21.6. The number of ether oxygens (including phenoxy) is 3. The Labute approximate surface area is 221 Å². The molecule has 0 bridgehead atoms. The lowest BCUT2D eigenvalue weighted by molar-refractivity contribution is -0.147. The summed E-state index contributed by atoms with van der Waals surface area (Å²) in [4.78, 5) is 50.3. The average Bonchev–Trinajstić information content (AvgIpc) is 2.88. The first-order valence-corrected chi connectivity index (χ1v) is 11.9. The number of nitrogens with one attached hydrogen (secondary N) is 1. The van der Waals surface area contributed by atoms with E-state index in [4.69, 9.17) is 25.4 Å². The molecular weight excluding hydrogens is 490 g/mol. The molecule has 10 heteroatoms. The van der Waals surface area contributed by atoms with Gasteiger partial charge in [-0.3, -0.25) is 15.0 Å². The van der Waals surface area contributed by atoms with Crippen molar-refractivity contribution in [3.8, 4) is 5.75 Å². The number of nitrogens with zero attached hydrogens (tertiary/aromatic N) is 1. The molecule has 0 saturated heterocycles. The van der Waals surface area contributed by atoms with Crippen molar-refractivity contribution in [2.45, 2.75) is 20.8 Å². The molecule has 0 aliphatic heterocycles. The van der Waals surface area contributed by atoms with E-state index in [1.165, 1.54) is 17.1 Å². The van der Waals surface area contributed by atoms with Crippen molar-refractivity contribution in [3.63, 3.8) is 0 Å². The Morgan fingerprint density at radius 2 is 1.53 bits per heavy atom. The summed E-state index contributed by atoms with van der Waals surface area (Å²) in [7, 11) is 0. The van der Waals surface area contributed by atoms with Gasteiger partial charge in [0.1, 0.15) is 18.1 Å². The van der Waals surface area contributed by atoms with Crippen LogP contribution in [0.3, 0.4) is 0 Å². The van der Waals surface area contributed by atoms with Crippen LogP contribution in [0.4, 0.5) is 0 Å². The normalized spacial score (nSPS) is 11.1. The van der Waals surface area contributed by atoms with Gasteiger partial charge in [0, 0.05) is 23.8 Å². The second kappa shape index (κ2) is 14.7. The number of carbonyl (C=O) groups excluding carboxylic acids is 4. The number of hydrogen-bond donors (Lipinski definition) is 2. The van der Waals surface area contributed by atoms with Crippen LogP contribution in [0.25, 0.3) is 6.08 Å². The molecule has 3 N–H and O–H groups in total. The van der Waals surface area contributed by atoms with Gasteiger partial charge >= 0.3 is 17.9 Å². The molecule has 2 rings (SSSR count). The van der Waals surface area contributed by atoms with Gasteiger partial charge in [0.25, 0.3) is 0 Å². The molecular formula is C28H31N3O7. The van der Waals surface area contributed by atoms with E-state index in [0.717, 1.165) is 0 Å². The zero-order chi connectivity index (χ0) is 28.1. The molecule has 10 nitrogen and oxygen atoms in total. The monoisotopic (exact) mass is 521 g/mol. The van der Waals surface area contributed by atoms with Crippen molar-refractivity contribution in [2.24, 2.45) is 5.73 Å². The summed E-state index contributed by atoms with van der Waals surface area (Å²) in [5.74, 6) is -1.89. The molecule has 0 heterocycles. The molecule has 0 fully saturated rings. The lowest BCUT2D eigenvalue weighted by Crippen LogP contribution is -2.37. The fourth-order valence-corrected chi connectivity index (χ4v) is 3.19. The summed E-state index contributed by atoms with van der Waals surface area (Å²) in [6.07, 6.45) is 4.26. The third-order valence-electron chi connectivity index (χ3n) is 5.02. The average molecular weight is 522 g/mol. The van der Waals surface area contributed by atoms with E-state index in [2.05, 4.69) is 0 Å². The number of amides is 1. The van der Waals surface area contributed by atoms with Gasteiger partial charge < -0.3 is 24.8 Å². The highest BCUT2D eigenvalue weighted by Gasteiger charge is 2.19. The summed E-state index contributed by atoms with van der Waals surface area (Å²) >= 11 is 0. The molecule has 0 saturated carbocycles. The minimum atomic E-state index is -0.572. The second-order valence-corrected chi connectivity index (χ2v) is 7.92. The molecule has 0 aliphatic carbocycles. The van der Waals surface area contributed by atoms with Crippen molar-refractivity contribution in [1.82, 2.24) is 4.90 Å². The molecule has 38 heavy (non-hydrogen) atoms. The van der Waals surface area contributed by atoms with Gasteiger partial charge in [0.15, 0.2) is 0 Å². The molecule has 0 spiro atoms. The van der Waals surface area contributed by atoms with E-state index in [9.17, 15) is 19.2 Å². The molecule has 2 aromatic rings. The molecule has 0 aliphatic rings. The number of nitrogens with two attached hydrogens (primary N) is 1. The van der Waals surface area contributed by atoms with Gasteiger partial charge in [-0.25, -0.2) is 9.59 Å². The van der Waals surface area contributed by atoms with Crippen LogP contribution < -0.4 is 10.5 Å². The third-order valence-corrected chi connectivity index (χ3v) is 5.02. The number of benzene rings is 2. The van der Waals surface area contributed by atoms with Crippen LogP contribution in [-0.2, 0) is 23.9 Å². The topological polar surface area (TPSA) is 149 Å². The van der Waals surface area contributed by atoms with Crippen LogP contribution in [0.2, 0.25) is 0 Å². The van der Waals surface area contributed by atoms with Crippen molar-refractivity contribution >= 4 is 35.7 Å². The predicted molar refractivity (Wildman–Crippen MR) is 141 cm³/mol. The predicted octanol–water partition coefficient (Wildman–Crippen LogP) is 3.10. The smallest absolute Gasteiger partial charge is 0.343 e. The van der Waals surface area contributed by atoms with E-state index in [1.807, 2.05) is 0 Å². The van der Waals surface area contributed by atoms with Crippen molar-refractivity contribution in [3.05, 3.63) is 82.9 Å². The molecule has 1 amide bonds. The van der Waals surface area contributed by atoms with Crippen LogP contribution in [0.5, 0.6) is 5.75 Å². The maximum atomic E-state index is 13.0. The first-order chi connectivity index (χ1) is 18.1. The number of hydrogen-bond acceptors (Lipinski definition) is 8. The van der Waals surface area contributed by atoms with Crippen LogP contribution >= 0.6 is 0 Å². The zero-order valence-corrected chi connectivity index (χ0v) is 21.6. The fraction of sp³-hybridized carbons (Fsp3) is 0.250. The minimum absolute atomic E-state index is 0.000182. The lowest BCUT2D eigenvalue weighted by atomic mass is 10.1. The highest BCUT2D eigenvalue weighted by Crippen LogP contribution is 2.16. The van der Waals surface area contributed by atoms with E-state index >= 15 is 0 Å². The Hall–Kier alpha value is -4.73. The van der Waals surface area contributed by atoms with Crippen molar-refractivity contribution in [2.75, 3.05) is 26.3 Å². The highest BCUT2D eigenvalue weighted by molar-refractivity contribution is 5.99. The van der Waals surface area contributed by atoms with Gasteiger partial charge in [-0.15, -0.1) is 0 Å². The van der Waals surface area contributed by atoms with Crippen molar-refractivity contribution in [1.29, 1.82) is 5.41 Å². The van der Waals surface area contributed by atoms with Gasteiger partial charge in [-0.05, 0) is 68.8 Å². The van der Waals surface area contributed by atoms with Gasteiger partial charge in [0.2, 0.25) is 5.91 Å². The number of carbonyl (C=O) groups is 4. The summed E-state index contributed by atoms with van der Waals surface area (Å²) in [6.45, 7) is 5.06. The third kappa shape index (κ3) is 9.38. The molecule has 0 radical (unpaired) electrons. The van der Waals surface area contributed by atoms with Gasteiger partial charge in [0.05, 0.1) is 18.8 Å². The SMILES string of the molecule is CCOC(=O)/C=C/CN(CC(=O)OCC)C(=O)/C(C)=C/c1ccc(C(=O)Oc2ccc(C(=N)N)cc2)cc1. The van der Waals surface area contributed by atoms with Crippen LogP contribution in [-0.4, -0.2) is 60.9 Å². The van der Waals surface area contributed by atoms with Crippen LogP contribution in [0, 0.1) is 5.41 Å². The largest absolute Gasteiger partial charge is 0.465 e. The minimum Gasteiger partial charge on any atom is -0.465 e. The van der Waals surface area contributed by atoms with E-state index < -0.39 is 23.8 Å². The molecule has 0 atom stereocenters. The van der Waals surface area contributed by atoms with Crippen LogP contribution in [0.1, 0.15) is 42.3 Å². The maximum Gasteiger partial charge on any atom is 0.343 e. The maximum absolute atomic E-state index is 13.0. The Balaban J connectivity index is 2.10.